The van der Waals surface area contributed by atoms with E-state index in [4.69, 9.17) is 4.98 Å². The molecule has 0 fully saturated rings. The summed E-state index contributed by atoms with van der Waals surface area (Å²) in [4.78, 5) is 29.6. The Morgan fingerprint density at radius 3 is 2.57 bits per heavy atom. The molecule has 146 valence electrons. The molecule has 3 rings (SSSR count). The van der Waals surface area contributed by atoms with Gasteiger partial charge in [0.2, 0.25) is 0 Å². The zero-order valence-electron chi connectivity index (χ0n) is 16.2. The third kappa shape index (κ3) is 4.74. The van der Waals surface area contributed by atoms with Crippen LogP contribution in [0.4, 0.5) is 0 Å². The van der Waals surface area contributed by atoms with Crippen molar-refractivity contribution in [1.82, 2.24) is 10.3 Å². The highest BCUT2D eigenvalue weighted by Crippen LogP contribution is 2.24. The van der Waals surface area contributed by atoms with Gasteiger partial charge in [0.15, 0.2) is 11.6 Å². The third-order valence-electron chi connectivity index (χ3n) is 4.72. The Bertz CT molecular complexity index is 935. The molecule has 2 aromatic carbocycles. The molecule has 1 unspecified atom stereocenters. The number of nitrogens with one attached hydrogen (secondary N) is 2. The van der Waals surface area contributed by atoms with Crippen LogP contribution in [0.15, 0.2) is 48.5 Å². The minimum Gasteiger partial charge on any atom is -0.465 e. The summed E-state index contributed by atoms with van der Waals surface area (Å²) in [5.41, 5.74) is 2.42. The predicted molar refractivity (Wildman–Crippen MR) is 109 cm³/mol. The molecule has 6 nitrogen and oxygen atoms in total. The number of fused-ring (bicyclic) bond motifs is 1. The molecular weight excluding hydrogens is 374 g/mol. The number of carbonyl (C=O) groups is 2. The summed E-state index contributed by atoms with van der Waals surface area (Å²) in [5, 5.41) is 3.96. The number of likely N-dealkylation sites (N-methyl/N-ethyl adjacent to an activating group) is 1. The van der Waals surface area contributed by atoms with Crippen molar-refractivity contribution in [3.05, 3.63) is 64.7 Å². The Balaban J connectivity index is 1.53. The molecule has 0 aliphatic heterocycles. The third-order valence-corrected chi connectivity index (χ3v) is 5.94. The second-order valence-corrected chi connectivity index (χ2v) is 7.79. The van der Waals surface area contributed by atoms with E-state index in [1.54, 1.807) is 23.5 Å². The van der Waals surface area contributed by atoms with Crippen molar-refractivity contribution >= 4 is 33.4 Å². The van der Waals surface area contributed by atoms with E-state index < -0.39 is 0 Å². The van der Waals surface area contributed by atoms with Crippen LogP contribution < -0.4 is 10.2 Å². The highest BCUT2D eigenvalue weighted by molar-refractivity contribution is 7.18. The molecule has 0 bridgehead atoms. The van der Waals surface area contributed by atoms with E-state index in [0.717, 1.165) is 25.7 Å². The molecule has 7 heteroatoms. The van der Waals surface area contributed by atoms with Crippen molar-refractivity contribution in [2.24, 2.45) is 0 Å². The van der Waals surface area contributed by atoms with Gasteiger partial charge in [0.1, 0.15) is 6.04 Å². The predicted octanol–water partition coefficient (Wildman–Crippen LogP) is 1.98. The Hall–Kier alpha value is -2.77. The van der Waals surface area contributed by atoms with Crippen LogP contribution in [0, 0.1) is 0 Å². The molecule has 2 N–H and O–H groups in total. The van der Waals surface area contributed by atoms with Gasteiger partial charge in [0, 0.05) is 6.54 Å². The average Bonchev–Trinajstić information content (AvgIpc) is 3.15. The number of benzene rings is 2. The number of thiazole rings is 1. The first-order chi connectivity index (χ1) is 13.5. The van der Waals surface area contributed by atoms with Crippen molar-refractivity contribution in [2.75, 3.05) is 20.7 Å². The van der Waals surface area contributed by atoms with Crippen LogP contribution in [0.2, 0.25) is 0 Å². The number of hydrogen-bond acceptors (Lipinski definition) is 5. The lowest BCUT2D eigenvalue weighted by molar-refractivity contribution is -0.902. The van der Waals surface area contributed by atoms with Gasteiger partial charge in [-0.15, -0.1) is 11.3 Å². The molecular formula is C21H24N3O3S+. The van der Waals surface area contributed by atoms with Crippen LogP contribution in [0.1, 0.15) is 33.9 Å². The van der Waals surface area contributed by atoms with Crippen LogP contribution in [0.25, 0.3) is 10.2 Å². The van der Waals surface area contributed by atoms with Crippen LogP contribution in [0.3, 0.4) is 0 Å². The minimum atomic E-state index is -0.371. The number of amides is 1. The molecule has 1 aromatic heterocycles. The lowest BCUT2D eigenvalue weighted by atomic mass is 10.1. The number of hydrogen-bond donors (Lipinski definition) is 2. The number of esters is 1. The number of aromatic nitrogens is 1. The fourth-order valence-corrected chi connectivity index (χ4v) is 3.94. The van der Waals surface area contributed by atoms with E-state index in [1.165, 1.54) is 7.11 Å². The molecule has 28 heavy (non-hydrogen) atoms. The summed E-state index contributed by atoms with van der Waals surface area (Å²) in [5.74, 6) is -0.396. The second-order valence-electron chi connectivity index (χ2n) is 6.73. The lowest BCUT2D eigenvalue weighted by Crippen LogP contribution is -3.10. The maximum Gasteiger partial charge on any atom is 0.337 e. The van der Waals surface area contributed by atoms with Crippen molar-refractivity contribution < 1.29 is 19.2 Å². The van der Waals surface area contributed by atoms with Gasteiger partial charge in [0.05, 0.1) is 29.9 Å². The number of rotatable bonds is 7. The minimum absolute atomic E-state index is 0.0255. The molecule has 0 saturated heterocycles. The van der Waals surface area contributed by atoms with E-state index >= 15 is 0 Å². The van der Waals surface area contributed by atoms with Crippen LogP contribution in [0.5, 0.6) is 0 Å². The normalized spacial score (nSPS) is 13.1. The second kappa shape index (κ2) is 8.95. The number of ether oxygens (including phenoxy) is 1. The van der Waals surface area contributed by atoms with Crippen molar-refractivity contribution in [1.29, 1.82) is 0 Å². The van der Waals surface area contributed by atoms with Crippen molar-refractivity contribution in [2.45, 2.75) is 19.5 Å². The molecule has 0 aliphatic rings. The van der Waals surface area contributed by atoms with Gasteiger partial charge in [-0.1, -0.05) is 24.3 Å². The molecule has 0 radical (unpaired) electrons. The van der Waals surface area contributed by atoms with Crippen LogP contribution in [-0.2, 0) is 16.1 Å². The first-order valence-electron chi connectivity index (χ1n) is 9.09. The van der Waals surface area contributed by atoms with Gasteiger partial charge < -0.3 is 15.0 Å². The van der Waals surface area contributed by atoms with Gasteiger partial charge in [-0.25, -0.2) is 9.78 Å². The largest absolute Gasteiger partial charge is 0.465 e. The summed E-state index contributed by atoms with van der Waals surface area (Å²) in [6.07, 6.45) is 0. The van der Waals surface area contributed by atoms with Gasteiger partial charge >= 0.3 is 5.97 Å². The highest BCUT2D eigenvalue weighted by atomic mass is 32.1. The zero-order chi connectivity index (χ0) is 20.1. The summed E-state index contributed by atoms with van der Waals surface area (Å²) < 4.78 is 5.84. The zero-order valence-corrected chi connectivity index (χ0v) is 17.0. The van der Waals surface area contributed by atoms with E-state index in [2.05, 4.69) is 23.0 Å². The van der Waals surface area contributed by atoms with Crippen LogP contribution in [-0.4, -0.2) is 37.6 Å². The summed E-state index contributed by atoms with van der Waals surface area (Å²) >= 11 is 1.68. The molecule has 0 aliphatic carbocycles. The SMILES string of the molecule is COC(=O)c1ccc(CNC(=O)C[NH+](C)[C@@H](C)c2nc3ccccc3s2)cc1. The first kappa shape index (κ1) is 20.0. The molecule has 0 saturated carbocycles. The molecule has 0 spiro atoms. The van der Waals surface area contributed by atoms with Crippen LogP contribution >= 0.6 is 11.3 Å². The quantitative estimate of drug-likeness (QED) is 0.597. The number of nitrogens with zero attached hydrogens (tertiary/aromatic N) is 1. The standard InChI is InChI=1S/C21H23N3O3S/c1-14(20-23-17-6-4-5-7-18(17)28-20)24(2)13-19(25)22-12-15-8-10-16(11-9-15)21(26)27-3/h4-11,14H,12-13H2,1-3H3,(H,22,25)/p+1/t14-/m0/s1. The van der Waals surface area contributed by atoms with Crippen molar-refractivity contribution in [3.63, 3.8) is 0 Å². The first-order valence-corrected chi connectivity index (χ1v) is 9.91. The van der Waals surface area contributed by atoms with Gasteiger partial charge in [-0.05, 0) is 36.8 Å². The number of carbonyl (C=O) groups excluding carboxylic acids is 2. The van der Waals surface area contributed by atoms with E-state index in [-0.39, 0.29) is 17.9 Å². The number of para-hydroxylation sites is 1. The van der Waals surface area contributed by atoms with Gasteiger partial charge in [0.25, 0.3) is 5.91 Å². The number of methoxy groups -OCH3 is 1. The monoisotopic (exact) mass is 398 g/mol. The van der Waals surface area contributed by atoms with Gasteiger partial charge in [-0.2, -0.15) is 0 Å². The van der Waals surface area contributed by atoms with E-state index in [1.807, 2.05) is 37.4 Å². The maximum atomic E-state index is 12.3. The topological polar surface area (TPSA) is 72.7 Å². The Morgan fingerprint density at radius 2 is 1.89 bits per heavy atom. The Labute approximate surface area is 168 Å². The van der Waals surface area contributed by atoms with Crippen molar-refractivity contribution in [3.8, 4) is 0 Å². The number of quaternary nitrogens is 1. The Morgan fingerprint density at radius 1 is 1.18 bits per heavy atom. The molecule has 2 atom stereocenters. The smallest absolute Gasteiger partial charge is 0.337 e. The fraction of sp³-hybridized carbons (Fsp3) is 0.286. The average molecular weight is 399 g/mol. The highest BCUT2D eigenvalue weighted by Gasteiger charge is 2.21. The van der Waals surface area contributed by atoms with E-state index in [0.29, 0.717) is 18.7 Å². The summed E-state index contributed by atoms with van der Waals surface area (Å²) in [6, 6.07) is 15.2. The maximum absolute atomic E-state index is 12.3. The summed E-state index contributed by atoms with van der Waals surface area (Å²) in [6.45, 7) is 2.87. The molecule has 1 amide bonds. The van der Waals surface area contributed by atoms with E-state index in [9.17, 15) is 9.59 Å². The molecule has 3 aromatic rings. The van der Waals surface area contributed by atoms with Gasteiger partial charge in [-0.3, -0.25) is 4.79 Å². The lowest BCUT2D eigenvalue weighted by Gasteiger charge is -2.19. The Kier molecular flexibility index (Phi) is 6.38. The molecule has 1 heterocycles. The summed E-state index contributed by atoms with van der Waals surface area (Å²) in [7, 11) is 3.35. The fourth-order valence-electron chi connectivity index (χ4n) is 2.83.